The van der Waals surface area contributed by atoms with Gasteiger partial charge < -0.3 is 9.47 Å². The Bertz CT molecular complexity index is 867. The molecule has 28 heavy (non-hydrogen) atoms. The number of ketones is 2. The molecule has 1 aliphatic carbocycles. The van der Waals surface area contributed by atoms with Gasteiger partial charge in [0.2, 0.25) is 0 Å². The fraction of sp³-hybridized carbons (Fsp3) is 0.348. The summed E-state index contributed by atoms with van der Waals surface area (Å²) in [6.45, 7) is 1.21. The number of Topliss-reactive ketones (excluding diaryl/α,β-unsaturated/α-hetero) is 2. The van der Waals surface area contributed by atoms with Gasteiger partial charge in [-0.25, -0.2) is 4.79 Å². The van der Waals surface area contributed by atoms with Crippen molar-refractivity contribution >= 4 is 17.5 Å². The molecular weight excluding hydrogens is 356 g/mol. The number of fused-ring (bicyclic) bond motifs is 1. The van der Waals surface area contributed by atoms with Gasteiger partial charge in [0.25, 0.3) is 0 Å². The van der Waals surface area contributed by atoms with Crippen molar-refractivity contribution in [2.24, 2.45) is 0 Å². The van der Waals surface area contributed by atoms with Gasteiger partial charge >= 0.3 is 5.97 Å². The summed E-state index contributed by atoms with van der Waals surface area (Å²) in [6, 6.07) is 12.3. The summed E-state index contributed by atoms with van der Waals surface area (Å²) >= 11 is 0. The van der Waals surface area contributed by atoms with E-state index in [2.05, 4.69) is 0 Å². The summed E-state index contributed by atoms with van der Waals surface area (Å²) in [7, 11) is 0. The second-order valence-corrected chi connectivity index (χ2v) is 6.86. The van der Waals surface area contributed by atoms with E-state index in [-0.39, 0.29) is 24.8 Å². The lowest BCUT2D eigenvalue weighted by Crippen LogP contribution is -2.19. The zero-order valence-corrected chi connectivity index (χ0v) is 16.0. The molecule has 0 radical (unpaired) electrons. The highest BCUT2D eigenvalue weighted by Crippen LogP contribution is 2.22. The molecule has 0 aromatic heterocycles. The lowest BCUT2D eigenvalue weighted by Gasteiger charge is -2.16. The van der Waals surface area contributed by atoms with E-state index in [9.17, 15) is 14.4 Å². The number of carbonyl (C=O) groups excluding carboxylic acids is 3. The monoisotopic (exact) mass is 380 g/mol. The van der Waals surface area contributed by atoms with E-state index < -0.39 is 5.97 Å². The van der Waals surface area contributed by atoms with Crippen LogP contribution in [0.2, 0.25) is 0 Å². The van der Waals surface area contributed by atoms with Gasteiger partial charge in [-0.05, 0) is 67.1 Å². The number of aryl methyl sites for hydroxylation is 2. The predicted octanol–water partition coefficient (Wildman–Crippen LogP) is 3.96. The Morgan fingerprint density at radius 2 is 1.50 bits per heavy atom. The Morgan fingerprint density at radius 3 is 2.21 bits per heavy atom. The van der Waals surface area contributed by atoms with Crippen LogP contribution in [0.4, 0.5) is 0 Å². The zero-order chi connectivity index (χ0) is 19.9. The molecular formula is C23H24O5. The first kappa shape index (κ1) is 19.8. The molecule has 2 aromatic carbocycles. The average molecular weight is 380 g/mol. The second kappa shape index (κ2) is 9.31. The van der Waals surface area contributed by atoms with Crippen molar-refractivity contribution in [1.29, 1.82) is 0 Å². The minimum atomic E-state index is -0.611. The maximum Gasteiger partial charge on any atom is 0.344 e. The van der Waals surface area contributed by atoms with Crippen LogP contribution < -0.4 is 4.74 Å². The molecule has 1 aliphatic rings. The minimum absolute atomic E-state index is 0.0478. The van der Waals surface area contributed by atoms with Gasteiger partial charge in [0, 0.05) is 17.5 Å². The largest absolute Gasteiger partial charge is 0.482 e. The van der Waals surface area contributed by atoms with E-state index in [1.807, 2.05) is 12.1 Å². The summed E-state index contributed by atoms with van der Waals surface area (Å²) in [4.78, 5) is 35.7. The number of ether oxygens (including phenoxy) is 2. The molecule has 0 bridgehead atoms. The van der Waals surface area contributed by atoms with Gasteiger partial charge in [0.05, 0.1) is 0 Å². The number of esters is 1. The van der Waals surface area contributed by atoms with Gasteiger partial charge in [-0.15, -0.1) is 0 Å². The number of hydrogen-bond donors (Lipinski definition) is 0. The molecule has 5 heteroatoms. The number of hydrogen-bond acceptors (Lipinski definition) is 5. The normalized spacial score (nSPS) is 12.8. The lowest BCUT2D eigenvalue weighted by atomic mass is 9.90. The van der Waals surface area contributed by atoms with Crippen LogP contribution >= 0.6 is 0 Å². The molecule has 146 valence electrons. The van der Waals surface area contributed by atoms with E-state index in [1.54, 1.807) is 37.3 Å². The van der Waals surface area contributed by atoms with E-state index in [0.717, 1.165) is 19.3 Å². The van der Waals surface area contributed by atoms with Gasteiger partial charge in [-0.1, -0.05) is 19.1 Å². The maximum atomic E-state index is 12.3. The fourth-order valence-corrected chi connectivity index (χ4v) is 3.26. The Labute approximate surface area is 164 Å². The first-order chi connectivity index (χ1) is 13.6. The molecule has 0 aliphatic heterocycles. The van der Waals surface area contributed by atoms with Crippen molar-refractivity contribution in [3.05, 3.63) is 64.7 Å². The topological polar surface area (TPSA) is 69.7 Å². The summed E-state index contributed by atoms with van der Waals surface area (Å²) in [5.74, 6) is -0.318. The fourth-order valence-electron chi connectivity index (χ4n) is 3.26. The molecule has 2 aromatic rings. The third kappa shape index (κ3) is 5.06. The maximum absolute atomic E-state index is 12.3. The molecule has 5 nitrogen and oxygen atoms in total. The van der Waals surface area contributed by atoms with E-state index >= 15 is 0 Å². The third-order valence-electron chi connectivity index (χ3n) is 4.89. The predicted molar refractivity (Wildman–Crippen MR) is 105 cm³/mol. The summed E-state index contributed by atoms with van der Waals surface area (Å²) in [5.41, 5.74) is 3.70. The summed E-state index contributed by atoms with van der Waals surface area (Å²) in [6.07, 6.45) is 4.82. The van der Waals surface area contributed by atoms with Crippen molar-refractivity contribution in [3.8, 4) is 5.75 Å². The molecule has 0 atom stereocenters. The van der Waals surface area contributed by atoms with Gasteiger partial charge in [0.1, 0.15) is 5.75 Å². The molecule has 3 rings (SSSR count). The van der Waals surface area contributed by atoms with Crippen molar-refractivity contribution in [1.82, 2.24) is 0 Å². The quantitative estimate of drug-likeness (QED) is 0.512. The molecule has 0 saturated heterocycles. The van der Waals surface area contributed by atoms with Crippen LogP contribution in [0.15, 0.2) is 42.5 Å². The van der Waals surface area contributed by atoms with Gasteiger partial charge in [-0.2, -0.15) is 0 Å². The third-order valence-corrected chi connectivity index (χ3v) is 4.89. The first-order valence-electron chi connectivity index (χ1n) is 9.63. The first-order valence-corrected chi connectivity index (χ1v) is 9.63. The zero-order valence-electron chi connectivity index (χ0n) is 16.0. The summed E-state index contributed by atoms with van der Waals surface area (Å²) in [5, 5.41) is 0. The highest BCUT2D eigenvalue weighted by Gasteiger charge is 2.15. The standard InChI is InChI=1S/C23H24O5/c1-2-21(24)17-9-11-20(12-10-17)27-15-23(26)28-14-22(25)19-8-7-16-5-3-4-6-18(16)13-19/h7-13H,2-6,14-15H2,1H3. The van der Waals surface area contributed by atoms with Crippen molar-refractivity contribution in [3.63, 3.8) is 0 Å². The number of benzene rings is 2. The molecule has 0 saturated carbocycles. The van der Waals surface area contributed by atoms with Gasteiger partial charge in [-0.3, -0.25) is 9.59 Å². The Hall–Kier alpha value is -2.95. The van der Waals surface area contributed by atoms with Crippen molar-refractivity contribution < 1.29 is 23.9 Å². The molecule has 0 heterocycles. The van der Waals surface area contributed by atoms with Crippen LogP contribution in [0.25, 0.3) is 0 Å². The van der Waals surface area contributed by atoms with Gasteiger partial charge in [0.15, 0.2) is 24.8 Å². The highest BCUT2D eigenvalue weighted by atomic mass is 16.6. The van der Waals surface area contributed by atoms with Crippen LogP contribution in [0, 0.1) is 0 Å². The molecule has 0 unspecified atom stereocenters. The van der Waals surface area contributed by atoms with E-state index in [0.29, 0.717) is 23.3 Å². The van der Waals surface area contributed by atoms with E-state index in [1.165, 1.54) is 17.5 Å². The Balaban J connectivity index is 1.46. The van der Waals surface area contributed by atoms with Crippen molar-refractivity contribution in [2.75, 3.05) is 13.2 Å². The van der Waals surface area contributed by atoms with Crippen LogP contribution in [0.5, 0.6) is 5.75 Å². The van der Waals surface area contributed by atoms with Crippen LogP contribution in [-0.2, 0) is 22.4 Å². The van der Waals surface area contributed by atoms with Crippen molar-refractivity contribution in [2.45, 2.75) is 39.0 Å². The molecule has 0 N–H and O–H groups in total. The molecule has 0 amide bonds. The Kier molecular flexibility index (Phi) is 6.58. The van der Waals surface area contributed by atoms with Crippen LogP contribution in [-0.4, -0.2) is 30.7 Å². The highest BCUT2D eigenvalue weighted by molar-refractivity contribution is 5.98. The molecule has 0 spiro atoms. The Morgan fingerprint density at radius 1 is 0.821 bits per heavy atom. The second-order valence-electron chi connectivity index (χ2n) is 6.86. The van der Waals surface area contributed by atoms with Crippen LogP contribution in [0.3, 0.4) is 0 Å². The number of carbonyl (C=O) groups is 3. The average Bonchev–Trinajstić information content (AvgIpc) is 2.75. The number of rotatable bonds is 8. The minimum Gasteiger partial charge on any atom is -0.482 e. The SMILES string of the molecule is CCC(=O)c1ccc(OCC(=O)OCC(=O)c2ccc3c(c2)CCCC3)cc1. The van der Waals surface area contributed by atoms with E-state index in [4.69, 9.17) is 9.47 Å². The smallest absolute Gasteiger partial charge is 0.344 e. The van der Waals surface area contributed by atoms with Crippen LogP contribution in [0.1, 0.15) is 58.0 Å². The molecule has 0 fully saturated rings. The summed E-state index contributed by atoms with van der Waals surface area (Å²) < 4.78 is 10.4. The lowest BCUT2D eigenvalue weighted by molar-refractivity contribution is -0.144.